The average Bonchev–Trinajstić information content (AvgIpc) is 1.68. The van der Waals surface area contributed by atoms with E-state index in [1.165, 1.54) is 0 Å². The molecule has 0 aliphatic carbocycles. The van der Waals surface area contributed by atoms with Crippen LogP contribution in [-0.4, -0.2) is 14.1 Å². The normalized spacial score (nSPS) is 13.3. The number of carbonyl (C=O) groups is 1. The van der Waals surface area contributed by atoms with E-state index in [1.54, 1.807) is 0 Å². The van der Waals surface area contributed by atoms with Crippen molar-refractivity contribution in [3.05, 3.63) is 0 Å². The van der Waals surface area contributed by atoms with Crippen LogP contribution < -0.4 is 0 Å². The van der Waals surface area contributed by atoms with E-state index in [4.69, 9.17) is 7.85 Å². The summed E-state index contributed by atoms with van der Waals surface area (Å²) in [7, 11) is 5.22. The summed E-state index contributed by atoms with van der Waals surface area (Å²) in [5.41, 5.74) is 0. The minimum absolute atomic E-state index is 0.231. The second-order valence-corrected chi connectivity index (χ2v) is 1.59. The molecule has 0 fully saturated rings. The van der Waals surface area contributed by atoms with E-state index in [0.717, 1.165) is 19.1 Å². The third-order valence-electron chi connectivity index (χ3n) is 0.797. The summed E-state index contributed by atoms with van der Waals surface area (Å²) in [5, 5.41) is 0. The molecule has 0 bridgehead atoms. The van der Waals surface area contributed by atoms with Gasteiger partial charge in [0.2, 0.25) is 0 Å². The molecule has 0 N–H and O–H groups in total. The van der Waals surface area contributed by atoms with Crippen LogP contribution in [0.4, 0.5) is 0 Å². The Labute approximate surface area is 45.5 Å². The van der Waals surface area contributed by atoms with Crippen molar-refractivity contribution < 1.29 is 4.79 Å². The maximum atomic E-state index is 9.77. The van der Waals surface area contributed by atoms with Gasteiger partial charge in [-0.2, -0.15) is 0 Å². The number of hydrogen-bond acceptors (Lipinski definition) is 1. The molecule has 0 aromatic rings. The predicted octanol–water partition coefficient (Wildman–Crippen LogP) is 0.942. The quantitative estimate of drug-likeness (QED) is 0.377. The molecule has 1 atom stereocenters. The molecule has 1 unspecified atom stereocenters. The van der Waals surface area contributed by atoms with Crippen LogP contribution in [-0.2, 0) is 4.79 Å². The highest BCUT2D eigenvalue weighted by atomic mass is 16.1. The molecular weight excluding hydrogens is 86.9 g/mol. The van der Waals surface area contributed by atoms with Crippen LogP contribution in [0.25, 0.3) is 0 Å². The van der Waals surface area contributed by atoms with Gasteiger partial charge in [-0.25, -0.2) is 0 Å². The lowest BCUT2D eigenvalue weighted by atomic mass is 9.85. The SMILES string of the molecule is [B]C(C=O)CCC. The lowest BCUT2D eigenvalue weighted by molar-refractivity contribution is -0.107. The molecule has 0 aromatic heterocycles. The number of rotatable bonds is 3. The molecule has 0 aliphatic rings. The first-order valence-electron chi connectivity index (χ1n) is 2.52. The van der Waals surface area contributed by atoms with Gasteiger partial charge in [0.1, 0.15) is 6.29 Å². The first-order valence-corrected chi connectivity index (χ1v) is 2.52. The second-order valence-electron chi connectivity index (χ2n) is 1.59. The van der Waals surface area contributed by atoms with Gasteiger partial charge in [-0.05, 0) is 5.82 Å². The van der Waals surface area contributed by atoms with E-state index in [9.17, 15) is 4.79 Å². The highest BCUT2D eigenvalue weighted by Gasteiger charge is 1.93. The Morgan fingerprint density at radius 1 is 1.86 bits per heavy atom. The van der Waals surface area contributed by atoms with E-state index in [-0.39, 0.29) is 5.82 Å². The lowest BCUT2D eigenvalue weighted by Gasteiger charge is -1.95. The van der Waals surface area contributed by atoms with Gasteiger partial charge in [0.25, 0.3) is 0 Å². The fraction of sp³-hybridized carbons (Fsp3) is 0.800. The molecule has 38 valence electrons. The topological polar surface area (TPSA) is 17.1 Å². The van der Waals surface area contributed by atoms with Gasteiger partial charge in [-0.15, -0.1) is 0 Å². The minimum Gasteiger partial charge on any atom is -0.304 e. The Hall–Kier alpha value is -0.265. The minimum atomic E-state index is -0.231. The van der Waals surface area contributed by atoms with Gasteiger partial charge in [-0.1, -0.05) is 19.8 Å². The number of hydrogen-bond donors (Lipinski definition) is 0. The zero-order chi connectivity index (χ0) is 5.70. The van der Waals surface area contributed by atoms with E-state index in [1.807, 2.05) is 6.92 Å². The number of aldehydes is 1. The summed E-state index contributed by atoms with van der Waals surface area (Å²) in [5.74, 6) is -0.231. The van der Waals surface area contributed by atoms with Gasteiger partial charge in [0.05, 0.1) is 7.85 Å². The van der Waals surface area contributed by atoms with Crippen LogP contribution in [0.15, 0.2) is 0 Å². The van der Waals surface area contributed by atoms with Crippen LogP contribution in [0.3, 0.4) is 0 Å². The molecule has 7 heavy (non-hydrogen) atoms. The van der Waals surface area contributed by atoms with Crippen LogP contribution in [0, 0.1) is 0 Å². The van der Waals surface area contributed by atoms with Crippen LogP contribution in [0.5, 0.6) is 0 Å². The van der Waals surface area contributed by atoms with Gasteiger partial charge >= 0.3 is 0 Å². The summed E-state index contributed by atoms with van der Waals surface area (Å²) in [4.78, 5) is 9.77. The third-order valence-corrected chi connectivity index (χ3v) is 0.797. The molecule has 0 heterocycles. The predicted molar refractivity (Wildman–Crippen MR) is 30.5 cm³/mol. The van der Waals surface area contributed by atoms with E-state index >= 15 is 0 Å². The molecule has 0 aliphatic heterocycles. The van der Waals surface area contributed by atoms with Crippen molar-refractivity contribution in [2.24, 2.45) is 0 Å². The van der Waals surface area contributed by atoms with Crippen molar-refractivity contribution in [1.82, 2.24) is 0 Å². The summed E-state index contributed by atoms with van der Waals surface area (Å²) in [6.45, 7) is 2.00. The van der Waals surface area contributed by atoms with Crippen LogP contribution in [0.2, 0.25) is 5.82 Å². The molecular formula is C5H9BO. The van der Waals surface area contributed by atoms with Crippen LogP contribution >= 0.6 is 0 Å². The summed E-state index contributed by atoms with van der Waals surface area (Å²) in [6, 6.07) is 0. The second kappa shape index (κ2) is 3.91. The first kappa shape index (κ1) is 6.73. The zero-order valence-electron chi connectivity index (χ0n) is 4.55. The highest BCUT2D eigenvalue weighted by Crippen LogP contribution is 2.02. The van der Waals surface area contributed by atoms with Crippen molar-refractivity contribution in [3.63, 3.8) is 0 Å². The fourth-order valence-electron chi connectivity index (χ4n) is 0.401. The van der Waals surface area contributed by atoms with Crippen LogP contribution in [0.1, 0.15) is 19.8 Å². The van der Waals surface area contributed by atoms with Gasteiger partial charge in [-0.3, -0.25) is 0 Å². The zero-order valence-corrected chi connectivity index (χ0v) is 4.55. The van der Waals surface area contributed by atoms with Crippen molar-refractivity contribution in [3.8, 4) is 0 Å². The van der Waals surface area contributed by atoms with E-state index < -0.39 is 0 Å². The van der Waals surface area contributed by atoms with Gasteiger partial charge in [0.15, 0.2) is 0 Å². The third kappa shape index (κ3) is 3.57. The number of carbonyl (C=O) groups excluding carboxylic acids is 1. The molecule has 0 amide bonds. The Kier molecular flexibility index (Phi) is 3.76. The van der Waals surface area contributed by atoms with Crippen molar-refractivity contribution >= 4 is 14.1 Å². The first-order chi connectivity index (χ1) is 3.31. The summed E-state index contributed by atoms with van der Waals surface area (Å²) < 4.78 is 0. The Balaban J connectivity index is 2.98. The molecule has 0 spiro atoms. The Morgan fingerprint density at radius 2 is 2.43 bits per heavy atom. The van der Waals surface area contributed by atoms with Gasteiger partial charge < -0.3 is 4.79 Å². The molecule has 2 radical (unpaired) electrons. The lowest BCUT2D eigenvalue weighted by Crippen LogP contribution is -1.90. The maximum Gasteiger partial charge on any atom is 0.114 e. The monoisotopic (exact) mass is 96.1 g/mol. The van der Waals surface area contributed by atoms with Crippen molar-refractivity contribution in [2.75, 3.05) is 0 Å². The Morgan fingerprint density at radius 3 is 2.57 bits per heavy atom. The fourth-order valence-corrected chi connectivity index (χ4v) is 0.401. The summed E-state index contributed by atoms with van der Waals surface area (Å²) in [6.07, 6.45) is 2.58. The molecule has 1 nitrogen and oxygen atoms in total. The standard InChI is InChI=1S/C5H9BO/c1-2-3-5(6)4-7/h4-5H,2-3H2,1H3. The molecule has 0 saturated heterocycles. The smallest absolute Gasteiger partial charge is 0.114 e. The maximum absolute atomic E-state index is 9.77. The van der Waals surface area contributed by atoms with E-state index in [2.05, 4.69) is 0 Å². The summed E-state index contributed by atoms with van der Waals surface area (Å²) >= 11 is 0. The molecule has 2 heteroatoms. The highest BCUT2D eigenvalue weighted by molar-refractivity contribution is 6.19. The molecule has 0 rings (SSSR count). The largest absolute Gasteiger partial charge is 0.304 e. The van der Waals surface area contributed by atoms with Gasteiger partial charge in [0, 0.05) is 0 Å². The average molecular weight is 95.9 g/mol. The van der Waals surface area contributed by atoms with E-state index in [0.29, 0.717) is 0 Å². The van der Waals surface area contributed by atoms with Crippen molar-refractivity contribution in [1.29, 1.82) is 0 Å². The van der Waals surface area contributed by atoms with Crippen molar-refractivity contribution in [2.45, 2.75) is 25.6 Å². The molecule has 0 aromatic carbocycles. The Bertz CT molecular complexity index is 54.0. The molecule has 0 saturated carbocycles.